The Morgan fingerprint density at radius 1 is 1.40 bits per heavy atom. The molecule has 5 nitrogen and oxygen atoms in total. The summed E-state index contributed by atoms with van der Waals surface area (Å²) in [5.74, 6) is -1.26. The van der Waals surface area contributed by atoms with Gasteiger partial charge in [-0.1, -0.05) is 0 Å². The number of nitrogens with one attached hydrogen (secondary N) is 1. The molecule has 1 fully saturated rings. The fourth-order valence-corrected chi connectivity index (χ4v) is 1.87. The largest absolute Gasteiger partial charge is 0.475 e. The van der Waals surface area contributed by atoms with E-state index < -0.39 is 12.0 Å². The molecule has 0 saturated carbocycles. The molecule has 0 bridgehead atoms. The first kappa shape index (κ1) is 14.8. The summed E-state index contributed by atoms with van der Waals surface area (Å²) in [6, 6.07) is 1.33. The van der Waals surface area contributed by atoms with E-state index in [4.69, 9.17) is 9.47 Å². The molecule has 1 aliphatic rings. The van der Waals surface area contributed by atoms with Gasteiger partial charge in [-0.3, -0.25) is 0 Å². The van der Waals surface area contributed by atoms with Crippen LogP contribution in [0, 0.1) is 0 Å². The van der Waals surface area contributed by atoms with E-state index >= 15 is 0 Å². The lowest BCUT2D eigenvalue weighted by atomic mass is 10.1. The van der Waals surface area contributed by atoms with Crippen LogP contribution in [0.3, 0.4) is 0 Å². The normalized spacial score (nSPS) is 19.7. The van der Waals surface area contributed by atoms with Gasteiger partial charge in [-0.15, -0.1) is 0 Å². The minimum absolute atomic E-state index is 0.0619. The molecule has 1 aromatic rings. The lowest BCUT2D eigenvalue weighted by Gasteiger charge is -2.22. The number of anilines is 1. The zero-order valence-electron chi connectivity index (χ0n) is 11.0. The maximum absolute atomic E-state index is 12.6. The van der Waals surface area contributed by atoms with Gasteiger partial charge in [0, 0.05) is 19.7 Å². The van der Waals surface area contributed by atoms with Crippen molar-refractivity contribution >= 4 is 5.82 Å². The third-order valence-electron chi connectivity index (χ3n) is 2.90. The van der Waals surface area contributed by atoms with Crippen molar-refractivity contribution in [3.63, 3.8) is 0 Å². The average molecular weight is 291 g/mol. The van der Waals surface area contributed by atoms with Gasteiger partial charge >= 0.3 is 6.18 Å². The van der Waals surface area contributed by atoms with Gasteiger partial charge in [0.25, 0.3) is 0 Å². The number of hydrogen-bond acceptors (Lipinski definition) is 5. The molecule has 1 atom stereocenters. The van der Waals surface area contributed by atoms with E-state index in [1.54, 1.807) is 0 Å². The summed E-state index contributed by atoms with van der Waals surface area (Å²) in [4.78, 5) is 6.74. The van der Waals surface area contributed by atoms with Crippen LogP contribution in [0.5, 0.6) is 5.88 Å². The summed E-state index contributed by atoms with van der Waals surface area (Å²) in [7, 11) is 1.48. The minimum atomic E-state index is -4.60. The van der Waals surface area contributed by atoms with Crippen molar-refractivity contribution in [1.29, 1.82) is 0 Å². The van der Waals surface area contributed by atoms with E-state index in [-0.39, 0.29) is 24.4 Å². The fourth-order valence-electron chi connectivity index (χ4n) is 1.87. The fraction of sp³-hybridized carbons (Fsp3) is 0.667. The highest BCUT2D eigenvalue weighted by molar-refractivity contribution is 5.38. The molecule has 8 heteroatoms. The number of aromatic nitrogens is 2. The summed E-state index contributed by atoms with van der Waals surface area (Å²) >= 11 is 0. The molecule has 1 aliphatic heterocycles. The van der Waals surface area contributed by atoms with Gasteiger partial charge in [-0.05, 0) is 19.3 Å². The number of rotatable bonds is 4. The van der Waals surface area contributed by atoms with E-state index in [1.165, 1.54) is 13.1 Å². The van der Waals surface area contributed by atoms with Crippen molar-refractivity contribution in [3.05, 3.63) is 11.9 Å². The Balaban J connectivity index is 2.06. The first-order valence-electron chi connectivity index (χ1n) is 6.37. The van der Waals surface area contributed by atoms with Crippen molar-refractivity contribution in [2.75, 3.05) is 25.6 Å². The second-order valence-electron chi connectivity index (χ2n) is 4.46. The molecule has 0 amide bonds. The molecule has 0 radical (unpaired) electrons. The summed E-state index contributed by atoms with van der Waals surface area (Å²) < 4.78 is 48.7. The first-order valence-corrected chi connectivity index (χ1v) is 6.37. The van der Waals surface area contributed by atoms with Gasteiger partial charge < -0.3 is 14.8 Å². The molecular weight excluding hydrogens is 275 g/mol. The second-order valence-corrected chi connectivity index (χ2v) is 4.46. The topological polar surface area (TPSA) is 56.3 Å². The Morgan fingerprint density at radius 3 is 2.80 bits per heavy atom. The molecule has 2 heterocycles. The maximum atomic E-state index is 12.6. The highest BCUT2D eigenvalue weighted by atomic mass is 19.4. The van der Waals surface area contributed by atoms with Crippen LogP contribution in [-0.2, 0) is 10.9 Å². The van der Waals surface area contributed by atoms with Crippen molar-refractivity contribution < 1.29 is 22.6 Å². The summed E-state index contributed by atoms with van der Waals surface area (Å²) in [5.41, 5.74) is 0. The Hall–Kier alpha value is -1.57. The molecule has 0 aromatic carbocycles. The smallest absolute Gasteiger partial charge is 0.451 e. The quantitative estimate of drug-likeness (QED) is 0.923. The van der Waals surface area contributed by atoms with Crippen LogP contribution < -0.4 is 10.1 Å². The minimum Gasteiger partial charge on any atom is -0.475 e. The third-order valence-corrected chi connectivity index (χ3v) is 2.90. The predicted octanol–water partition coefficient (Wildman–Crippen LogP) is 2.49. The molecule has 0 spiro atoms. The number of hydrogen-bond donors (Lipinski definition) is 1. The highest BCUT2D eigenvalue weighted by Crippen LogP contribution is 2.29. The number of alkyl halides is 3. The van der Waals surface area contributed by atoms with E-state index in [0.29, 0.717) is 6.61 Å². The summed E-state index contributed by atoms with van der Waals surface area (Å²) in [5, 5.41) is 2.56. The predicted molar refractivity (Wildman–Crippen MR) is 65.7 cm³/mol. The van der Waals surface area contributed by atoms with Crippen molar-refractivity contribution in [3.8, 4) is 5.88 Å². The third kappa shape index (κ3) is 3.96. The standard InChI is InChI=1S/C12H16F3N3O2/c1-16-9-6-10(18-11(17-9)12(13,14)15)20-7-8-4-2-3-5-19-8/h6,8H,2-5,7H2,1H3,(H,16,17,18). The van der Waals surface area contributed by atoms with Gasteiger partial charge in [0.05, 0.1) is 6.10 Å². The van der Waals surface area contributed by atoms with Crippen molar-refractivity contribution in [2.45, 2.75) is 31.5 Å². The van der Waals surface area contributed by atoms with Gasteiger partial charge in [-0.25, -0.2) is 4.98 Å². The number of halogens is 3. The van der Waals surface area contributed by atoms with Crippen LogP contribution in [0.15, 0.2) is 6.07 Å². The van der Waals surface area contributed by atoms with Crippen molar-refractivity contribution in [1.82, 2.24) is 9.97 Å². The number of nitrogens with zero attached hydrogens (tertiary/aromatic N) is 2. The van der Waals surface area contributed by atoms with Crippen LogP contribution in [0.1, 0.15) is 25.1 Å². The zero-order chi connectivity index (χ0) is 14.6. The molecular formula is C12H16F3N3O2. The molecule has 20 heavy (non-hydrogen) atoms. The van der Waals surface area contributed by atoms with E-state index in [1.807, 2.05) is 0 Å². The molecule has 1 N–H and O–H groups in total. The number of ether oxygens (including phenoxy) is 2. The molecule has 112 valence electrons. The van der Waals surface area contributed by atoms with Crippen LogP contribution >= 0.6 is 0 Å². The first-order chi connectivity index (χ1) is 9.49. The van der Waals surface area contributed by atoms with E-state index in [2.05, 4.69) is 15.3 Å². The van der Waals surface area contributed by atoms with Gasteiger partial charge in [0.2, 0.25) is 11.7 Å². The second kappa shape index (κ2) is 6.25. The summed E-state index contributed by atoms with van der Waals surface area (Å²) in [6.07, 6.45) is -1.81. The van der Waals surface area contributed by atoms with Crippen LogP contribution in [0.4, 0.5) is 19.0 Å². The average Bonchev–Trinajstić information content (AvgIpc) is 2.45. The SMILES string of the molecule is CNc1cc(OCC2CCCCO2)nc(C(F)(F)F)n1. The van der Waals surface area contributed by atoms with Gasteiger partial charge in [-0.2, -0.15) is 18.2 Å². The molecule has 1 saturated heterocycles. The lowest BCUT2D eigenvalue weighted by molar-refractivity contribution is -0.145. The molecule has 0 aliphatic carbocycles. The maximum Gasteiger partial charge on any atom is 0.451 e. The Kier molecular flexibility index (Phi) is 4.64. The Labute approximate surface area is 114 Å². The lowest BCUT2D eigenvalue weighted by Crippen LogP contribution is -2.26. The monoisotopic (exact) mass is 291 g/mol. The Morgan fingerprint density at radius 2 is 2.20 bits per heavy atom. The Bertz CT molecular complexity index is 448. The van der Waals surface area contributed by atoms with Crippen LogP contribution in [0.25, 0.3) is 0 Å². The van der Waals surface area contributed by atoms with Crippen molar-refractivity contribution in [2.24, 2.45) is 0 Å². The molecule has 2 rings (SSSR count). The molecule has 1 unspecified atom stereocenters. The van der Waals surface area contributed by atoms with E-state index in [9.17, 15) is 13.2 Å². The van der Waals surface area contributed by atoms with Gasteiger partial charge in [0.1, 0.15) is 12.4 Å². The van der Waals surface area contributed by atoms with Crippen LogP contribution in [-0.4, -0.2) is 36.3 Å². The summed E-state index contributed by atoms with van der Waals surface area (Å²) in [6.45, 7) is 0.852. The zero-order valence-corrected chi connectivity index (χ0v) is 11.0. The van der Waals surface area contributed by atoms with Gasteiger partial charge in [0.15, 0.2) is 0 Å². The van der Waals surface area contributed by atoms with E-state index in [0.717, 1.165) is 19.3 Å². The highest BCUT2D eigenvalue weighted by Gasteiger charge is 2.35. The van der Waals surface area contributed by atoms with Crippen LogP contribution in [0.2, 0.25) is 0 Å². The molecule has 1 aromatic heterocycles.